The number of anilines is 1. The molecule has 0 unspecified atom stereocenters. The van der Waals surface area contributed by atoms with E-state index in [2.05, 4.69) is 21.2 Å². The standard InChI is InChI=1S/C10H10BrNO/c1-2-9(11)10(13)12-8-6-4-3-5-7-8/h2-7H,1H3,(H,12,13). The number of benzene rings is 1. The van der Waals surface area contributed by atoms with Gasteiger partial charge in [0.25, 0.3) is 5.91 Å². The van der Waals surface area contributed by atoms with E-state index in [0.717, 1.165) is 5.69 Å². The monoisotopic (exact) mass is 239 g/mol. The number of carbonyl (C=O) groups excluding carboxylic acids is 1. The highest BCUT2D eigenvalue weighted by molar-refractivity contribution is 9.12. The Balaban J connectivity index is 2.66. The van der Waals surface area contributed by atoms with Crippen molar-refractivity contribution in [1.82, 2.24) is 0 Å². The molecule has 0 aliphatic heterocycles. The van der Waals surface area contributed by atoms with Gasteiger partial charge in [-0.05, 0) is 35.0 Å². The number of hydrogen-bond donors (Lipinski definition) is 1. The molecule has 68 valence electrons. The van der Waals surface area contributed by atoms with Crippen molar-refractivity contribution in [2.45, 2.75) is 6.92 Å². The van der Waals surface area contributed by atoms with Crippen LogP contribution < -0.4 is 5.32 Å². The van der Waals surface area contributed by atoms with E-state index in [9.17, 15) is 4.79 Å². The fraction of sp³-hybridized carbons (Fsp3) is 0.100. The maximum absolute atomic E-state index is 11.3. The molecule has 0 heterocycles. The van der Waals surface area contributed by atoms with Gasteiger partial charge in [0.05, 0.1) is 4.48 Å². The summed E-state index contributed by atoms with van der Waals surface area (Å²) < 4.78 is 0.538. The number of rotatable bonds is 2. The Morgan fingerprint density at radius 3 is 2.54 bits per heavy atom. The minimum atomic E-state index is -0.131. The molecule has 0 aliphatic carbocycles. The molecule has 13 heavy (non-hydrogen) atoms. The topological polar surface area (TPSA) is 29.1 Å². The van der Waals surface area contributed by atoms with Crippen LogP contribution in [-0.4, -0.2) is 5.91 Å². The van der Waals surface area contributed by atoms with Gasteiger partial charge in [-0.3, -0.25) is 4.79 Å². The molecule has 0 spiro atoms. The summed E-state index contributed by atoms with van der Waals surface area (Å²) in [5, 5.41) is 2.74. The molecule has 1 amide bonds. The lowest BCUT2D eigenvalue weighted by molar-refractivity contribution is -0.112. The van der Waals surface area contributed by atoms with Crippen molar-refractivity contribution in [3.05, 3.63) is 40.9 Å². The number of halogens is 1. The van der Waals surface area contributed by atoms with E-state index in [-0.39, 0.29) is 5.91 Å². The van der Waals surface area contributed by atoms with E-state index in [0.29, 0.717) is 4.48 Å². The van der Waals surface area contributed by atoms with Crippen LogP contribution in [-0.2, 0) is 4.79 Å². The van der Waals surface area contributed by atoms with Crippen LogP contribution in [0.1, 0.15) is 6.92 Å². The maximum atomic E-state index is 11.3. The van der Waals surface area contributed by atoms with Gasteiger partial charge < -0.3 is 5.32 Å². The molecule has 1 N–H and O–H groups in total. The van der Waals surface area contributed by atoms with Crippen molar-refractivity contribution in [2.75, 3.05) is 5.32 Å². The molecule has 0 aromatic heterocycles. The highest BCUT2D eigenvalue weighted by atomic mass is 79.9. The second kappa shape index (κ2) is 4.82. The summed E-state index contributed by atoms with van der Waals surface area (Å²) in [6.45, 7) is 1.80. The minimum Gasteiger partial charge on any atom is -0.322 e. The largest absolute Gasteiger partial charge is 0.322 e. The molecule has 3 heteroatoms. The number of para-hydroxylation sites is 1. The lowest BCUT2D eigenvalue weighted by Gasteiger charge is -2.02. The summed E-state index contributed by atoms with van der Waals surface area (Å²) >= 11 is 3.15. The zero-order chi connectivity index (χ0) is 9.68. The summed E-state index contributed by atoms with van der Waals surface area (Å²) in [5.41, 5.74) is 0.798. The van der Waals surface area contributed by atoms with Crippen LogP contribution in [0.2, 0.25) is 0 Å². The number of carbonyl (C=O) groups is 1. The Hall–Kier alpha value is -1.09. The van der Waals surface area contributed by atoms with Crippen LogP contribution in [0, 0.1) is 0 Å². The fourth-order valence-corrected chi connectivity index (χ4v) is 0.943. The Morgan fingerprint density at radius 2 is 2.00 bits per heavy atom. The van der Waals surface area contributed by atoms with Gasteiger partial charge in [0.15, 0.2) is 0 Å². The lowest BCUT2D eigenvalue weighted by Crippen LogP contribution is -2.10. The third kappa shape index (κ3) is 3.03. The average Bonchev–Trinajstić information content (AvgIpc) is 2.18. The molecule has 1 rings (SSSR count). The second-order valence-electron chi connectivity index (χ2n) is 2.46. The Kier molecular flexibility index (Phi) is 3.71. The molecule has 0 radical (unpaired) electrons. The van der Waals surface area contributed by atoms with E-state index in [1.807, 2.05) is 30.3 Å². The van der Waals surface area contributed by atoms with E-state index >= 15 is 0 Å². The molecule has 1 aromatic rings. The smallest absolute Gasteiger partial charge is 0.262 e. The summed E-state index contributed by atoms with van der Waals surface area (Å²) in [6.07, 6.45) is 1.71. The van der Waals surface area contributed by atoms with Crippen molar-refractivity contribution in [3.8, 4) is 0 Å². The second-order valence-corrected chi connectivity index (χ2v) is 3.31. The maximum Gasteiger partial charge on any atom is 0.262 e. The molecular weight excluding hydrogens is 230 g/mol. The Labute approximate surface area is 85.8 Å². The third-order valence-corrected chi connectivity index (χ3v) is 2.32. The van der Waals surface area contributed by atoms with Crippen molar-refractivity contribution in [1.29, 1.82) is 0 Å². The first-order valence-corrected chi connectivity index (χ1v) is 4.71. The summed E-state index contributed by atoms with van der Waals surface area (Å²) in [5.74, 6) is -0.131. The van der Waals surface area contributed by atoms with Gasteiger partial charge in [0, 0.05) is 5.69 Å². The van der Waals surface area contributed by atoms with Crippen molar-refractivity contribution < 1.29 is 4.79 Å². The predicted octanol–water partition coefficient (Wildman–Crippen LogP) is 2.92. The lowest BCUT2D eigenvalue weighted by atomic mass is 10.3. The fourth-order valence-electron chi connectivity index (χ4n) is 0.843. The number of amides is 1. The van der Waals surface area contributed by atoms with E-state index in [1.165, 1.54) is 0 Å². The van der Waals surface area contributed by atoms with Crippen LogP contribution in [0.3, 0.4) is 0 Å². The molecule has 0 fully saturated rings. The number of hydrogen-bond acceptors (Lipinski definition) is 1. The average molecular weight is 240 g/mol. The molecule has 2 nitrogen and oxygen atoms in total. The zero-order valence-electron chi connectivity index (χ0n) is 7.25. The summed E-state index contributed by atoms with van der Waals surface area (Å²) in [7, 11) is 0. The van der Waals surface area contributed by atoms with Gasteiger partial charge in [0.2, 0.25) is 0 Å². The quantitative estimate of drug-likeness (QED) is 0.791. The Bertz CT molecular complexity index is 319. The minimum absolute atomic E-state index is 0.131. The van der Waals surface area contributed by atoms with E-state index in [1.54, 1.807) is 13.0 Å². The van der Waals surface area contributed by atoms with Crippen LogP contribution in [0.25, 0.3) is 0 Å². The SMILES string of the molecule is CC=C(Br)C(=O)Nc1ccccc1. The van der Waals surface area contributed by atoms with Crippen LogP contribution >= 0.6 is 15.9 Å². The zero-order valence-corrected chi connectivity index (χ0v) is 8.84. The van der Waals surface area contributed by atoms with Gasteiger partial charge in [-0.2, -0.15) is 0 Å². The molecule has 1 aromatic carbocycles. The summed E-state index contributed by atoms with van der Waals surface area (Å²) in [6, 6.07) is 9.33. The summed E-state index contributed by atoms with van der Waals surface area (Å²) in [4.78, 5) is 11.3. The van der Waals surface area contributed by atoms with Crippen molar-refractivity contribution in [3.63, 3.8) is 0 Å². The molecule has 0 atom stereocenters. The van der Waals surface area contributed by atoms with Crippen LogP contribution in [0.15, 0.2) is 40.9 Å². The van der Waals surface area contributed by atoms with Crippen LogP contribution in [0.4, 0.5) is 5.69 Å². The first kappa shape index (κ1) is 9.99. The Morgan fingerprint density at radius 1 is 1.38 bits per heavy atom. The first-order chi connectivity index (χ1) is 6.24. The molecule has 0 saturated heterocycles. The number of nitrogens with one attached hydrogen (secondary N) is 1. The third-order valence-electron chi connectivity index (χ3n) is 1.50. The van der Waals surface area contributed by atoms with Gasteiger partial charge in [0.1, 0.15) is 0 Å². The molecule has 0 bridgehead atoms. The molecule has 0 saturated carbocycles. The van der Waals surface area contributed by atoms with Gasteiger partial charge >= 0.3 is 0 Å². The van der Waals surface area contributed by atoms with E-state index in [4.69, 9.17) is 0 Å². The molecular formula is C10H10BrNO. The van der Waals surface area contributed by atoms with Crippen molar-refractivity contribution >= 4 is 27.5 Å². The predicted molar refractivity (Wildman–Crippen MR) is 57.8 cm³/mol. The van der Waals surface area contributed by atoms with Gasteiger partial charge in [-0.25, -0.2) is 0 Å². The normalized spacial score (nSPS) is 11.1. The highest BCUT2D eigenvalue weighted by Crippen LogP contribution is 2.10. The first-order valence-electron chi connectivity index (χ1n) is 3.92. The van der Waals surface area contributed by atoms with Gasteiger partial charge in [-0.15, -0.1) is 0 Å². The van der Waals surface area contributed by atoms with Gasteiger partial charge in [-0.1, -0.05) is 24.3 Å². The van der Waals surface area contributed by atoms with Crippen molar-refractivity contribution in [2.24, 2.45) is 0 Å². The number of allylic oxidation sites excluding steroid dienone is 1. The van der Waals surface area contributed by atoms with Crippen LogP contribution in [0.5, 0.6) is 0 Å². The van der Waals surface area contributed by atoms with E-state index < -0.39 is 0 Å². The highest BCUT2D eigenvalue weighted by Gasteiger charge is 2.03. The molecule has 0 aliphatic rings.